The Balaban J connectivity index is 2.21. The van der Waals surface area contributed by atoms with Crippen molar-refractivity contribution in [2.24, 2.45) is 0 Å². The molecule has 21 heavy (non-hydrogen) atoms. The van der Waals surface area contributed by atoms with Crippen LogP contribution in [0.2, 0.25) is 0 Å². The molecular weight excluding hydrogens is 312 g/mol. The van der Waals surface area contributed by atoms with Gasteiger partial charge in [0.25, 0.3) is 0 Å². The van der Waals surface area contributed by atoms with E-state index in [0.717, 1.165) is 0 Å². The standard InChI is InChI=1S/C18H20S3/c1-9-7-19-15(11(9)3)17-13(5)14(6)18(21-17)16-12(4)10(2)8-20-16/h7-8H,1-6H3. The van der Waals surface area contributed by atoms with E-state index < -0.39 is 0 Å². The fourth-order valence-electron chi connectivity index (χ4n) is 2.48. The molecule has 110 valence electrons. The highest BCUT2D eigenvalue weighted by atomic mass is 32.1. The Labute approximate surface area is 139 Å². The van der Waals surface area contributed by atoms with Gasteiger partial charge in [-0.05, 0) is 85.7 Å². The van der Waals surface area contributed by atoms with Crippen molar-refractivity contribution in [3.05, 3.63) is 44.1 Å². The van der Waals surface area contributed by atoms with Gasteiger partial charge in [-0.15, -0.1) is 34.0 Å². The van der Waals surface area contributed by atoms with Gasteiger partial charge in [0, 0.05) is 19.5 Å². The van der Waals surface area contributed by atoms with Gasteiger partial charge in [0.05, 0.1) is 0 Å². The molecule has 0 aromatic carbocycles. The summed E-state index contributed by atoms with van der Waals surface area (Å²) in [4.78, 5) is 5.83. The van der Waals surface area contributed by atoms with Crippen LogP contribution in [0.1, 0.15) is 33.4 Å². The van der Waals surface area contributed by atoms with Gasteiger partial charge < -0.3 is 0 Å². The lowest BCUT2D eigenvalue weighted by atomic mass is 10.1. The van der Waals surface area contributed by atoms with Gasteiger partial charge in [-0.25, -0.2) is 0 Å². The molecule has 0 saturated heterocycles. The fourth-order valence-corrected chi connectivity index (χ4v) is 6.47. The largest absolute Gasteiger partial charge is 0.142 e. The molecule has 3 heterocycles. The number of aryl methyl sites for hydroxylation is 2. The molecule has 0 amide bonds. The van der Waals surface area contributed by atoms with Crippen molar-refractivity contribution >= 4 is 34.0 Å². The predicted molar refractivity (Wildman–Crippen MR) is 99.4 cm³/mol. The second-order valence-corrected chi connectivity index (χ2v) is 8.54. The van der Waals surface area contributed by atoms with Gasteiger partial charge in [0.1, 0.15) is 0 Å². The Hall–Kier alpha value is -0.900. The summed E-state index contributed by atoms with van der Waals surface area (Å²) in [6.07, 6.45) is 0. The molecular formula is C18H20S3. The maximum absolute atomic E-state index is 2.28. The maximum atomic E-state index is 2.28. The Kier molecular flexibility index (Phi) is 3.85. The summed E-state index contributed by atoms with van der Waals surface area (Å²) < 4.78 is 0. The van der Waals surface area contributed by atoms with Crippen LogP contribution in [0.5, 0.6) is 0 Å². The molecule has 3 heteroatoms. The van der Waals surface area contributed by atoms with Gasteiger partial charge in [-0.3, -0.25) is 0 Å². The molecule has 0 N–H and O–H groups in total. The number of hydrogen-bond acceptors (Lipinski definition) is 3. The summed E-state index contributed by atoms with van der Waals surface area (Å²) in [6.45, 7) is 13.5. The van der Waals surface area contributed by atoms with E-state index in [4.69, 9.17) is 0 Å². The van der Waals surface area contributed by atoms with Crippen LogP contribution in [-0.4, -0.2) is 0 Å². The minimum Gasteiger partial charge on any atom is -0.142 e. The van der Waals surface area contributed by atoms with Gasteiger partial charge in [0.2, 0.25) is 0 Å². The lowest BCUT2D eigenvalue weighted by Crippen LogP contribution is -1.80. The van der Waals surface area contributed by atoms with E-state index in [1.165, 1.54) is 52.9 Å². The molecule has 0 unspecified atom stereocenters. The normalized spacial score (nSPS) is 11.3. The Bertz CT molecular complexity index is 745. The number of rotatable bonds is 2. The first-order valence-corrected chi connectivity index (χ1v) is 9.69. The fraction of sp³-hybridized carbons (Fsp3) is 0.333. The molecule has 3 rings (SSSR count). The smallest absolute Gasteiger partial charge is 0.0484 e. The number of hydrogen-bond donors (Lipinski definition) is 0. The van der Waals surface area contributed by atoms with Gasteiger partial charge in [-0.1, -0.05) is 0 Å². The van der Waals surface area contributed by atoms with Crippen LogP contribution >= 0.6 is 34.0 Å². The van der Waals surface area contributed by atoms with E-state index >= 15 is 0 Å². The van der Waals surface area contributed by atoms with Crippen LogP contribution in [0.4, 0.5) is 0 Å². The SMILES string of the molecule is Cc1csc(-c2sc(-c3scc(C)c3C)c(C)c2C)c1C. The zero-order valence-corrected chi connectivity index (χ0v) is 15.8. The van der Waals surface area contributed by atoms with E-state index in [1.54, 1.807) is 0 Å². The highest BCUT2D eigenvalue weighted by Crippen LogP contribution is 2.47. The predicted octanol–water partition coefficient (Wildman–Crippen LogP) is 7.06. The van der Waals surface area contributed by atoms with Crippen molar-refractivity contribution in [2.75, 3.05) is 0 Å². The van der Waals surface area contributed by atoms with Crippen molar-refractivity contribution in [1.82, 2.24) is 0 Å². The van der Waals surface area contributed by atoms with E-state index in [1.807, 2.05) is 34.0 Å². The summed E-state index contributed by atoms with van der Waals surface area (Å²) in [6, 6.07) is 0. The molecule has 0 atom stereocenters. The third kappa shape index (κ3) is 2.32. The number of thiophene rings is 3. The quantitative estimate of drug-likeness (QED) is 0.471. The van der Waals surface area contributed by atoms with Gasteiger partial charge in [-0.2, -0.15) is 0 Å². The first-order chi connectivity index (χ1) is 9.91. The summed E-state index contributed by atoms with van der Waals surface area (Å²) in [5, 5.41) is 4.55. The van der Waals surface area contributed by atoms with E-state index in [-0.39, 0.29) is 0 Å². The van der Waals surface area contributed by atoms with Crippen molar-refractivity contribution in [3.63, 3.8) is 0 Å². The van der Waals surface area contributed by atoms with Crippen LogP contribution in [0.3, 0.4) is 0 Å². The van der Waals surface area contributed by atoms with E-state index in [2.05, 4.69) is 52.3 Å². The third-order valence-electron chi connectivity index (χ3n) is 4.43. The average Bonchev–Trinajstić information content (AvgIpc) is 3.05. The summed E-state index contributed by atoms with van der Waals surface area (Å²) >= 11 is 5.74. The molecule has 3 aromatic heterocycles. The molecule has 3 aromatic rings. The molecule has 0 bridgehead atoms. The second kappa shape index (κ2) is 5.38. The van der Waals surface area contributed by atoms with Crippen LogP contribution in [0, 0.1) is 41.5 Å². The van der Waals surface area contributed by atoms with Crippen LogP contribution in [0.25, 0.3) is 19.5 Å². The minimum absolute atomic E-state index is 1.41. The summed E-state index contributed by atoms with van der Waals surface area (Å²) in [5.74, 6) is 0. The highest BCUT2D eigenvalue weighted by molar-refractivity contribution is 7.26. The summed E-state index contributed by atoms with van der Waals surface area (Å²) in [5.41, 5.74) is 8.59. The average molecular weight is 333 g/mol. The Morgan fingerprint density at radius 3 is 1.19 bits per heavy atom. The van der Waals surface area contributed by atoms with Gasteiger partial charge >= 0.3 is 0 Å². The highest BCUT2D eigenvalue weighted by Gasteiger charge is 2.19. The third-order valence-corrected chi connectivity index (χ3v) is 8.55. The Morgan fingerprint density at radius 1 is 0.524 bits per heavy atom. The van der Waals surface area contributed by atoms with E-state index in [0.29, 0.717) is 0 Å². The minimum atomic E-state index is 1.41. The first-order valence-electron chi connectivity index (χ1n) is 7.12. The monoisotopic (exact) mass is 332 g/mol. The maximum Gasteiger partial charge on any atom is 0.0484 e. The molecule has 0 spiro atoms. The zero-order chi connectivity index (χ0) is 15.3. The summed E-state index contributed by atoms with van der Waals surface area (Å²) in [7, 11) is 0. The molecule has 0 radical (unpaired) electrons. The molecule has 0 aliphatic heterocycles. The molecule has 0 saturated carbocycles. The Morgan fingerprint density at radius 2 is 0.905 bits per heavy atom. The zero-order valence-electron chi connectivity index (χ0n) is 13.4. The van der Waals surface area contributed by atoms with Gasteiger partial charge in [0.15, 0.2) is 0 Å². The topological polar surface area (TPSA) is 0 Å². The van der Waals surface area contributed by atoms with Crippen molar-refractivity contribution in [2.45, 2.75) is 41.5 Å². The van der Waals surface area contributed by atoms with Crippen LogP contribution in [-0.2, 0) is 0 Å². The molecule has 0 aliphatic carbocycles. The van der Waals surface area contributed by atoms with E-state index in [9.17, 15) is 0 Å². The molecule has 0 nitrogen and oxygen atoms in total. The molecule has 0 fully saturated rings. The molecule has 0 aliphatic rings. The second-order valence-electron chi connectivity index (χ2n) is 5.76. The van der Waals surface area contributed by atoms with Crippen LogP contribution < -0.4 is 0 Å². The van der Waals surface area contributed by atoms with Crippen LogP contribution in [0.15, 0.2) is 10.8 Å². The van der Waals surface area contributed by atoms with Crippen molar-refractivity contribution in [1.29, 1.82) is 0 Å². The lowest BCUT2D eigenvalue weighted by molar-refractivity contribution is 1.37. The lowest BCUT2D eigenvalue weighted by Gasteiger charge is -1.99. The first kappa shape index (κ1) is 15.0. The van der Waals surface area contributed by atoms with Crippen molar-refractivity contribution < 1.29 is 0 Å². The van der Waals surface area contributed by atoms with Crippen molar-refractivity contribution in [3.8, 4) is 19.5 Å².